The average molecular weight is 525 g/mol. The number of nitrogens with one attached hydrogen (secondary N) is 2. The number of benzene rings is 3. The van der Waals surface area contributed by atoms with Gasteiger partial charge in [-0.3, -0.25) is 9.59 Å². The molecule has 192 valence electrons. The molecule has 0 aliphatic heterocycles. The summed E-state index contributed by atoms with van der Waals surface area (Å²) in [5.74, 6) is -2.65. The minimum absolute atomic E-state index is 0.183. The molecular formula is C26H24N2O8S. The Hall–Kier alpha value is -4.51. The zero-order valence-corrected chi connectivity index (χ0v) is 20.9. The van der Waals surface area contributed by atoms with Crippen molar-refractivity contribution in [2.45, 2.75) is 17.1 Å². The molecule has 1 atom stereocenters. The lowest BCUT2D eigenvalue weighted by Crippen LogP contribution is -2.22. The van der Waals surface area contributed by atoms with Gasteiger partial charge in [-0.15, -0.1) is 11.8 Å². The van der Waals surface area contributed by atoms with Crippen molar-refractivity contribution in [2.75, 3.05) is 24.9 Å². The van der Waals surface area contributed by atoms with Gasteiger partial charge in [-0.1, -0.05) is 6.07 Å². The summed E-state index contributed by atoms with van der Waals surface area (Å²) in [6, 6.07) is 15.0. The molecule has 37 heavy (non-hydrogen) atoms. The van der Waals surface area contributed by atoms with Crippen molar-refractivity contribution >= 4 is 46.9 Å². The molecule has 0 aliphatic rings. The van der Waals surface area contributed by atoms with Crippen LogP contribution in [0.1, 0.15) is 38.0 Å². The number of hydrogen-bond donors (Lipinski definition) is 4. The van der Waals surface area contributed by atoms with Crippen molar-refractivity contribution in [3.05, 3.63) is 77.4 Å². The normalized spacial score (nSPS) is 11.2. The first kappa shape index (κ1) is 27.1. The van der Waals surface area contributed by atoms with Gasteiger partial charge in [0.2, 0.25) is 5.91 Å². The van der Waals surface area contributed by atoms with Crippen LogP contribution in [0.25, 0.3) is 0 Å². The third-order valence-corrected chi connectivity index (χ3v) is 6.23. The van der Waals surface area contributed by atoms with Crippen LogP contribution >= 0.6 is 11.8 Å². The first-order valence-corrected chi connectivity index (χ1v) is 11.7. The maximum Gasteiger partial charge on any atom is 0.336 e. The van der Waals surface area contributed by atoms with Gasteiger partial charge in [0.25, 0.3) is 5.91 Å². The number of methoxy groups -OCH3 is 2. The lowest BCUT2D eigenvalue weighted by Gasteiger charge is -2.14. The van der Waals surface area contributed by atoms with Gasteiger partial charge in [0.1, 0.15) is 11.5 Å². The van der Waals surface area contributed by atoms with Crippen molar-refractivity contribution in [1.82, 2.24) is 0 Å². The fraction of sp³-hybridized carbons (Fsp3) is 0.154. The molecule has 2 amide bonds. The van der Waals surface area contributed by atoms with Gasteiger partial charge in [0, 0.05) is 34.5 Å². The maximum absolute atomic E-state index is 12.8. The molecule has 3 rings (SSSR count). The van der Waals surface area contributed by atoms with E-state index in [-0.39, 0.29) is 17.0 Å². The monoisotopic (exact) mass is 524 g/mol. The highest BCUT2D eigenvalue weighted by Gasteiger charge is 2.20. The predicted molar refractivity (Wildman–Crippen MR) is 138 cm³/mol. The first-order chi connectivity index (χ1) is 17.6. The van der Waals surface area contributed by atoms with Crippen LogP contribution in [0.5, 0.6) is 11.5 Å². The minimum Gasteiger partial charge on any atom is -0.497 e. The van der Waals surface area contributed by atoms with Crippen LogP contribution < -0.4 is 20.1 Å². The largest absolute Gasteiger partial charge is 0.497 e. The van der Waals surface area contributed by atoms with E-state index in [1.54, 1.807) is 49.4 Å². The van der Waals surface area contributed by atoms with Crippen LogP contribution in [0.3, 0.4) is 0 Å². The summed E-state index contributed by atoms with van der Waals surface area (Å²) in [7, 11) is 3.02. The zero-order chi connectivity index (χ0) is 27.1. The Bertz CT molecular complexity index is 1340. The second kappa shape index (κ2) is 12.0. The van der Waals surface area contributed by atoms with Crippen LogP contribution in [0, 0.1) is 0 Å². The fourth-order valence-electron chi connectivity index (χ4n) is 3.28. The number of rotatable bonds is 10. The smallest absolute Gasteiger partial charge is 0.336 e. The van der Waals surface area contributed by atoms with E-state index >= 15 is 0 Å². The highest BCUT2D eigenvalue weighted by Crippen LogP contribution is 2.29. The number of carbonyl (C=O) groups excluding carboxylic acids is 2. The summed E-state index contributed by atoms with van der Waals surface area (Å²) in [5, 5.41) is 23.4. The number of thioether (sulfide) groups is 1. The van der Waals surface area contributed by atoms with Crippen molar-refractivity contribution in [3.8, 4) is 11.5 Å². The van der Waals surface area contributed by atoms with E-state index < -0.39 is 28.7 Å². The molecule has 1 unspecified atom stereocenters. The number of hydrogen-bond acceptors (Lipinski definition) is 7. The van der Waals surface area contributed by atoms with Crippen molar-refractivity contribution < 1.29 is 38.9 Å². The summed E-state index contributed by atoms with van der Waals surface area (Å²) in [4.78, 5) is 48.9. The molecule has 0 aromatic heterocycles. The van der Waals surface area contributed by atoms with Gasteiger partial charge in [-0.25, -0.2) is 9.59 Å². The van der Waals surface area contributed by atoms with Crippen LogP contribution in [-0.4, -0.2) is 53.4 Å². The Morgan fingerprint density at radius 2 is 1.46 bits per heavy atom. The summed E-state index contributed by atoms with van der Waals surface area (Å²) in [6.07, 6.45) is 0. The molecule has 11 heteroatoms. The molecule has 4 N–H and O–H groups in total. The van der Waals surface area contributed by atoms with Crippen molar-refractivity contribution in [1.29, 1.82) is 0 Å². The summed E-state index contributed by atoms with van der Waals surface area (Å²) in [6.45, 7) is 1.73. The van der Waals surface area contributed by atoms with Crippen LogP contribution in [0.2, 0.25) is 0 Å². The Labute approximate surface area is 216 Å². The standard InChI is InChI=1S/C26H24N2O8S/c1-14(23(29)28-17-10-18(35-2)13-19(11-17)36-3)37-20-6-4-5-16(12-20)27-24(30)21-8-7-15(25(31)32)9-22(21)26(33)34/h4-14H,1-3H3,(H,27,30)(H,28,29)(H,31,32)(H,33,34). The number of carboxylic acid groups (broad SMARTS) is 2. The zero-order valence-electron chi connectivity index (χ0n) is 20.1. The lowest BCUT2D eigenvalue weighted by atomic mass is 10.0. The molecule has 3 aromatic rings. The Kier molecular flexibility index (Phi) is 8.75. The molecule has 0 saturated heterocycles. The predicted octanol–water partition coefficient (Wildman–Crippen LogP) is 4.47. The van der Waals surface area contributed by atoms with Crippen molar-refractivity contribution in [2.24, 2.45) is 0 Å². The van der Waals surface area contributed by atoms with E-state index in [9.17, 15) is 24.3 Å². The molecule has 10 nitrogen and oxygen atoms in total. The molecule has 3 aromatic carbocycles. The molecule has 0 aliphatic carbocycles. The fourth-order valence-corrected chi connectivity index (χ4v) is 4.21. The molecule has 0 heterocycles. The van der Waals surface area contributed by atoms with Gasteiger partial charge in [-0.2, -0.15) is 0 Å². The van der Waals surface area contributed by atoms with E-state index in [0.29, 0.717) is 27.8 Å². The van der Waals surface area contributed by atoms with Gasteiger partial charge >= 0.3 is 11.9 Å². The summed E-state index contributed by atoms with van der Waals surface area (Å²) in [5.41, 5.74) is 0.0306. The average Bonchev–Trinajstić information content (AvgIpc) is 2.87. The van der Waals surface area contributed by atoms with Crippen LogP contribution in [-0.2, 0) is 4.79 Å². The first-order valence-electron chi connectivity index (χ1n) is 10.8. The summed E-state index contributed by atoms with van der Waals surface area (Å²) >= 11 is 1.26. The number of aromatic carboxylic acids is 2. The SMILES string of the molecule is COc1cc(NC(=O)C(C)Sc2cccc(NC(=O)c3ccc(C(=O)O)cc3C(=O)O)c2)cc(OC)c1. The van der Waals surface area contributed by atoms with Gasteiger partial charge < -0.3 is 30.3 Å². The van der Waals surface area contributed by atoms with E-state index in [2.05, 4.69) is 10.6 Å². The number of anilines is 2. The minimum atomic E-state index is -1.42. The third-order valence-electron chi connectivity index (χ3n) is 5.13. The molecule has 0 saturated carbocycles. The molecule has 0 bridgehead atoms. The van der Waals surface area contributed by atoms with E-state index in [4.69, 9.17) is 14.6 Å². The lowest BCUT2D eigenvalue weighted by molar-refractivity contribution is -0.115. The second-order valence-corrected chi connectivity index (χ2v) is 9.12. The van der Waals surface area contributed by atoms with Crippen LogP contribution in [0.15, 0.2) is 65.6 Å². The van der Waals surface area contributed by atoms with Gasteiger partial charge in [-0.05, 0) is 43.3 Å². The molecular weight excluding hydrogens is 500 g/mol. The van der Waals surface area contributed by atoms with Gasteiger partial charge in [0.15, 0.2) is 0 Å². The third kappa shape index (κ3) is 7.01. The maximum atomic E-state index is 12.8. The van der Waals surface area contributed by atoms with E-state index in [0.717, 1.165) is 18.2 Å². The topological polar surface area (TPSA) is 151 Å². The van der Waals surface area contributed by atoms with E-state index in [1.165, 1.54) is 26.0 Å². The van der Waals surface area contributed by atoms with E-state index in [1.807, 2.05) is 0 Å². The van der Waals surface area contributed by atoms with Gasteiger partial charge in [0.05, 0.1) is 36.2 Å². The highest BCUT2D eigenvalue weighted by molar-refractivity contribution is 8.00. The second-order valence-electron chi connectivity index (χ2n) is 7.70. The molecule has 0 fully saturated rings. The number of amides is 2. The van der Waals surface area contributed by atoms with Crippen molar-refractivity contribution in [3.63, 3.8) is 0 Å². The number of carboxylic acids is 2. The Morgan fingerprint density at radius 1 is 0.784 bits per heavy atom. The molecule has 0 radical (unpaired) electrons. The Morgan fingerprint density at radius 3 is 2.05 bits per heavy atom. The Balaban J connectivity index is 1.71. The highest BCUT2D eigenvalue weighted by atomic mass is 32.2. The number of ether oxygens (including phenoxy) is 2. The molecule has 0 spiro atoms. The quantitative estimate of drug-likeness (QED) is 0.282. The van der Waals surface area contributed by atoms with Crippen LogP contribution in [0.4, 0.5) is 11.4 Å². The number of carbonyl (C=O) groups is 4. The summed E-state index contributed by atoms with van der Waals surface area (Å²) < 4.78 is 10.4.